The van der Waals surface area contributed by atoms with Crippen LogP contribution in [0.15, 0.2) is 12.1 Å². The van der Waals surface area contributed by atoms with Gasteiger partial charge in [-0.2, -0.15) is 13.2 Å². The van der Waals surface area contributed by atoms with E-state index >= 15 is 0 Å². The molecule has 0 aliphatic heterocycles. The molecule has 3 nitrogen and oxygen atoms in total. The van der Waals surface area contributed by atoms with Gasteiger partial charge in [0.1, 0.15) is 11.5 Å². The fourth-order valence-electron chi connectivity index (χ4n) is 2.74. The minimum absolute atomic E-state index is 0.192. The zero-order valence-electron chi connectivity index (χ0n) is 11.6. The molecular weight excluding hydrogens is 267 g/mol. The molecule has 1 aliphatic rings. The van der Waals surface area contributed by atoms with E-state index in [1.807, 2.05) is 11.9 Å². The van der Waals surface area contributed by atoms with Gasteiger partial charge in [0.25, 0.3) is 0 Å². The number of halogens is 3. The van der Waals surface area contributed by atoms with Gasteiger partial charge in [-0.3, -0.25) is 0 Å². The molecule has 0 unspecified atom stereocenters. The largest absolute Gasteiger partial charge is 0.433 e. The molecule has 0 atom stereocenters. The summed E-state index contributed by atoms with van der Waals surface area (Å²) in [5.74, 6) is 0.370. The molecule has 20 heavy (non-hydrogen) atoms. The Morgan fingerprint density at radius 2 is 1.90 bits per heavy atom. The maximum absolute atomic E-state index is 12.8. The molecule has 1 aromatic heterocycles. The SMILES string of the molecule is CN(c1nc(C(F)(F)F)ccc1CN)C1CCCCC1. The summed E-state index contributed by atoms with van der Waals surface area (Å²) in [4.78, 5) is 5.68. The highest BCUT2D eigenvalue weighted by molar-refractivity contribution is 5.48. The summed E-state index contributed by atoms with van der Waals surface area (Å²) in [6, 6.07) is 2.69. The number of alkyl halides is 3. The molecule has 0 bridgehead atoms. The van der Waals surface area contributed by atoms with E-state index in [2.05, 4.69) is 4.98 Å². The third kappa shape index (κ3) is 3.23. The molecule has 0 saturated heterocycles. The van der Waals surface area contributed by atoms with Crippen molar-refractivity contribution in [3.8, 4) is 0 Å². The number of hydrogen-bond donors (Lipinski definition) is 1. The summed E-state index contributed by atoms with van der Waals surface area (Å²) >= 11 is 0. The molecule has 0 radical (unpaired) electrons. The lowest BCUT2D eigenvalue weighted by molar-refractivity contribution is -0.141. The van der Waals surface area contributed by atoms with Gasteiger partial charge >= 0.3 is 6.18 Å². The monoisotopic (exact) mass is 287 g/mol. The predicted molar refractivity (Wildman–Crippen MR) is 72.4 cm³/mol. The van der Waals surface area contributed by atoms with Crippen LogP contribution in [-0.2, 0) is 12.7 Å². The Hall–Kier alpha value is -1.30. The maximum atomic E-state index is 12.8. The third-order valence-electron chi connectivity index (χ3n) is 3.92. The van der Waals surface area contributed by atoms with Crippen LogP contribution in [-0.4, -0.2) is 18.1 Å². The molecule has 1 fully saturated rings. The van der Waals surface area contributed by atoms with Crippen molar-refractivity contribution in [2.24, 2.45) is 5.73 Å². The van der Waals surface area contributed by atoms with Crippen LogP contribution < -0.4 is 10.6 Å². The average molecular weight is 287 g/mol. The smallest absolute Gasteiger partial charge is 0.356 e. The first kappa shape index (κ1) is 15.1. The highest BCUT2D eigenvalue weighted by Gasteiger charge is 2.33. The maximum Gasteiger partial charge on any atom is 0.433 e. The fraction of sp³-hybridized carbons (Fsp3) is 0.643. The standard InChI is InChI=1S/C14H20F3N3/c1-20(11-5-3-2-4-6-11)13-10(9-18)7-8-12(19-13)14(15,16)17/h7-8,11H,2-6,9,18H2,1H3. The van der Waals surface area contributed by atoms with Crippen molar-refractivity contribution < 1.29 is 13.2 Å². The van der Waals surface area contributed by atoms with Crippen LogP contribution in [0.2, 0.25) is 0 Å². The second-order valence-corrected chi connectivity index (χ2v) is 5.28. The van der Waals surface area contributed by atoms with Crippen molar-refractivity contribution in [2.75, 3.05) is 11.9 Å². The molecule has 0 aromatic carbocycles. The zero-order chi connectivity index (χ0) is 14.8. The molecule has 2 rings (SSSR count). The van der Waals surface area contributed by atoms with Crippen LogP contribution in [0, 0.1) is 0 Å². The van der Waals surface area contributed by atoms with Crippen molar-refractivity contribution in [3.05, 3.63) is 23.4 Å². The lowest BCUT2D eigenvalue weighted by atomic mass is 9.94. The van der Waals surface area contributed by atoms with E-state index in [4.69, 9.17) is 5.73 Å². The lowest BCUT2D eigenvalue weighted by Crippen LogP contribution is -2.35. The van der Waals surface area contributed by atoms with Gasteiger partial charge in [-0.1, -0.05) is 25.3 Å². The molecule has 0 spiro atoms. The van der Waals surface area contributed by atoms with Gasteiger partial charge in [0, 0.05) is 25.2 Å². The topological polar surface area (TPSA) is 42.2 Å². The fourth-order valence-corrected chi connectivity index (χ4v) is 2.74. The van der Waals surface area contributed by atoms with Crippen LogP contribution in [0.1, 0.15) is 43.4 Å². The number of nitrogens with two attached hydrogens (primary N) is 1. The van der Waals surface area contributed by atoms with Crippen molar-refractivity contribution in [1.29, 1.82) is 0 Å². The van der Waals surface area contributed by atoms with Crippen LogP contribution in [0.25, 0.3) is 0 Å². The minimum atomic E-state index is -4.42. The van der Waals surface area contributed by atoms with Crippen LogP contribution in [0.4, 0.5) is 19.0 Å². The number of aromatic nitrogens is 1. The Labute approximate surface area is 117 Å². The van der Waals surface area contributed by atoms with Gasteiger partial charge in [-0.15, -0.1) is 0 Å². The van der Waals surface area contributed by atoms with E-state index in [1.165, 1.54) is 12.5 Å². The summed E-state index contributed by atoms with van der Waals surface area (Å²) in [5.41, 5.74) is 5.43. The normalized spacial score (nSPS) is 17.2. The number of hydrogen-bond acceptors (Lipinski definition) is 3. The zero-order valence-corrected chi connectivity index (χ0v) is 11.6. The third-order valence-corrected chi connectivity index (χ3v) is 3.92. The highest BCUT2D eigenvalue weighted by atomic mass is 19.4. The summed E-state index contributed by atoms with van der Waals surface area (Å²) in [6.45, 7) is 0.192. The molecule has 1 aliphatic carbocycles. The Bertz CT molecular complexity index is 453. The van der Waals surface area contributed by atoms with E-state index in [0.29, 0.717) is 11.4 Å². The van der Waals surface area contributed by atoms with Crippen molar-refractivity contribution in [1.82, 2.24) is 4.98 Å². The molecule has 6 heteroatoms. The van der Waals surface area contributed by atoms with Crippen LogP contribution >= 0.6 is 0 Å². The Balaban J connectivity index is 2.32. The quantitative estimate of drug-likeness (QED) is 0.927. The first-order valence-corrected chi connectivity index (χ1v) is 6.93. The number of nitrogens with zero attached hydrogens (tertiary/aromatic N) is 2. The minimum Gasteiger partial charge on any atom is -0.356 e. The Morgan fingerprint density at radius 3 is 2.45 bits per heavy atom. The molecular formula is C14H20F3N3. The van der Waals surface area contributed by atoms with Crippen molar-refractivity contribution in [2.45, 2.75) is 50.9 Å². The van der Waals surface area contributed by atoms with Gasteiger partial charge in [-0.05, 0) is 18.9 Å². The summed E-state index contributed by atoms with van der Waals surface area (Å²) < 4.78 is 38.4. The van der Waals surface area contributed by atoms with Gasteiger partial charge in [0.2, 0.25) is 0 Å². The summed E-state index contributed by atoms with van der Waals surface area (Å²) in [7, 11) is 1.82. The van der Waals surface area contributed by atoms with E-state index in [0.717, 1.165) is 31.7 Å². The second kappa shape index (κ2) is 5.99. The second-order valence-electron chi connectivity index (χ2n) is 5.28. The first-order chi connectivity index (χ1) is 9.43. The van der Waals surface area contributed by atoms with Gasteiger partial charge in [-0.25, -0.2) is 4.98 Å². The number of pyridine rings is 1. The van der Waals surface area contributed by atoms with Crippen molar-refractivity contribution in [3.63, 3.8) is 0 Å². The Morgan fingerprint density at radius 1 is 1.25 bits per heavy atom. The molecule has 0 amide bonds. The molecule has 1 saturated carbocycles. The van der Waals surface area contributed by atoms with Gasteiger partial charge in [0.15, 0.2) is 0 Å². The first-order valence-electron chi connectivity index (χ1n) is 6.93. The highest BCUT2D eigenvalue weighted by Crippen LogP contribution is 2.32. The van der Waals surface area contributed by atoms with Crippen LogP contribution in [0.5, 0.6) is 0 Å². The molecule has 1 aromatic rings. The molecule has 2 N–H and O–H groups in total. The Kier molecular flexibility index (Phi) is 4.52. The molecule has 112 valence electrons. The number of rotatable bonds is 3. The summed E-state index contributed by atoms with van der Waals surface area (Å²) in [5, 5.41) is 0. The van der Waals surface area contributed by atoms with E-state index in [-0.39, 0.29) is 12.6 Å². The van der Waals surface area contributed by atoms with Crippen molar-refractivity contribution >= 4 is 5.82 Å². The summed E-state index contributed by atoms with van der Waals surface area (Å²) in [6.07, 6.45) is 1.01. The van der Waals surface area contributed by atoms with E-state index < -0.39 is 11.9 Å². The average Bonchev–Trinajstić information content (AvgIpc) is 2.45. The lowest BCUT2D eigenvalue weighted by Gasteiger charge is -2.33. The van der Waals surface area contributed by atoms with Gasteiger partial charge < -0.3 is 10.6 Å². The van der Waals surface area contributed by atoms with E-state index in [9.17, 15) is 13.2 Å². The predicted octanol–water partition coefficient (Wildman–Crippen LogP) is 3.33. The molecule has 1 heterocycles. The van der Waals surface area contributed by atoms with E-state index in [1.54, 1.807) is 0 Å². The van der Waals surface area contributed by atoms with Gasteiger partial charge in [0.05, 0.1) is 0 Å². The van der Waals surface area contributed by atoms with Crippen LogP contribution in [0.3, 0.4) is 0 Å². The number of anilines is 1.